The summed E-state index contributed by atoms with van der Waals surface area (Å²) >= 11 is 1.33. The van der Waals surface area contributed by atoms with E-state index in [-0.39, 0.29) is 11.9 Å². The highest BCUT2D eigenvalue weighted by Crippen LogP contribution is 2.30. The molecule has 1 aliphatic heterocycles. The summed E-state index contributed by atoms with van der Waals surface area (Å²) in [4.78, 5) is 29.0. The van der Waals surface area contributed by atoms with E-state index >= 15 is 0 Å². The Bertz CT molecular complexity index is 1080. The molecule has 1 aromatic heterocycles. The lowest BCUT2D eigenvalue weighted by atomic mass is 10.2. The first kappa shape index (κ1) is 20.0. The molecule has 0 atom stereocenters. The fourth-order valence-electron chi connectivity index (χ4n) is 3.42. The summed E-state index contributed by atoms with van der Waals surface area (Å²) in [6.45, 7) is 1.83. The summed E-state index contributed by atoms with van der Waals surface area (Å²) in [7, 11) is 3.11. The molecule has 0 saturated carbocycles. The number of benzene rings is 2. The number of urea groups is 1. The predicted molar refractivity (Wildman–Crippen MR) is 116 cm³/mol. The number of nitrogens with zero attached hydrogens (tertiary/aromatic N) is 3. The third kappa shape index (κ3) is 3.88. The van der Waals surface area contributed by atoms with Crippen molar-refractivity contribution in [3.05, 3.63) is 48.2 Å². The molecule has 2 aromatic carbocycles. The van der Waals surface area contributed by atoms with E-state index in [2.05, 4.69) is 9.69 Å². The van der Waals surface area contributed by atoms with Gasteiger partial charge in [-0.15, -0.1) is 0 Å². The molecular formula is C21H22N4O4S. The van der Waals surface area contributed by atoms with Crippen molar-refractivity contribution in [2.75, 3.05) is 45.7 Å². The van der Waals surface area contributed by atoms with Crippen LogP contribution in [-0.2, 0) is 0 Å². The van der Waals surface area contributed by atoms with Gasteiger partial charge < -0.3 is 24.6 Å². The summed E-state index contributed by atoms with van der Waals surface area (Å²) in [6, 6.07) is 12.7. The number of rotatable bonds is 4. The first-order valence-corrected chi connectivity index (χ1v) is 10.3. The van der Waals surface area contributed by atoms with E-state index in [0.717, 1.165) is 10.1 Å². The Kier molecular flexibility index (Phi) is 5.71. The molecule has 1 N–H and O–H groups in total. The molecule has 0 unspecified atom stereocenters. The van der Waals surface area contributed by atoms with E-state index in [0.29, 0.717) is 49.1 Å². The van der Waals surface area contributed by atoms with E-state index in [9.17, 15) is 9.59 Å². The van der Waals surface area contributed by atoms with Crippen LogP contribution in [0.15, 0.2) is 42.5 Å². The number of fused-ring (bicyclic) bond motifs is 1. The second kappa shape index (κ2) is 8.58. The van der Waals surface area contributed by atoms with Gasteiger partial charge in [-0.3, -0.25) is 4.79 Å². The Morgan fingerprint density at radius 1 is 0.967 bits per heavy atom. The highest BCUT2D eigenvalue weighted by molar-refractivity contribution is 7.13. The van der Waals surface area contributed by atoms with Crippen molar-refractivity contribution in [3.8, 4) is 11.5 Å². The van der Waals surface area contributed by atoms with Gasteiger partial charge in [-0.05, 0) is 29.7 Å². The average Bonchev–Trinajstić information content (AvgIpc) is 3.22. The largest absolute Gasteiger partial charge is 0.493 e. The standard InChI is InChI=1S/C21H22N4O4S/c1-28-16-8-7-14(13-17(16)29-2)22-21(27)25-11-9-24(10-12-25)20(26)19-15-5-3-4-6-18(15)30-23-19/h3-8,13H,9-12H2,1-2H3,(H,22,27). The molecule has 1 saturated heterocycles. The molecule has 8 nitrogen and oxygen atoms in total. The fraction of sp³-hybridized carbons (Fsp3) is 0.286. The monoisotopic (exact) mass is 426 g/mol. The second-order valence-electron chi connectivity index (χ2n) is 6.81. The third-order valence-electron chi connectivity index (χ3n) is 5.07. The molecule has 3 aromatic rings. The molecule has 0 radical (unpaired) electrons. The van der Waals surface area contributed by atoms with Crippen LogP contribution in [0.1, 0.15) is 10.5 Å². The Balaban J connectivity index is 1.37. The van der Waals surface area contributed by atoms with E-state index in [1.54, 1.807) is 42.2 Å². The first-order valence-electron chi connectivity index (χ1n) is 9.52. The zero-order valence-corrected chi connectivity index (χ0v) is 17.6. The normalized spacial score (nSPS) is 13.9. The maximum Gasteiger partial charge on any atom is 0.321 e. The molecular weight excluding hydrogens is 404 g/mol. The molecule has 3 amide bonds. The van der Waals surface area contributed by atoms with Crippen molar-refractivity contribution in [2.45, 2.75) is 0 Å². The molecule has 0 bridgehead atoms. The van der Waals surface area contributed by atoms with Gasteiger partial charge in [0.15, 0.2) is 11.5 Å². The van der Waals surface area contributed by atoms with Gasteiger partial charge in [-0.1, -0.05) is 18.2 Å². The quantitative estimate of drug-likeness (QED) is 0.692. The van der Waals surface area contributed by atoms with Crippen molar-refractivity contribution >= 4 is 39.2 Å². The average molecular weight is 426 g/mol. The molecule has 2 heterocycles. The van der Waals surface area contributed by atoms with Crippen molar-refractivity contribution < 1.29 is 19.1 Å². The molecule has 0 aliphatic carbocycles. The van der Waals surface area contributed by atoms with Crippen LogP contribution in [0.25, 0.3) is 10.1 Å². The number of carbonyl (C=O) groups is 2. The second-order valence-corrected chi connectivity index (χ2v) is 7.61. The van der Waals surface area contributed by atoms with Gasteiger partial charge in [0.1, 0.15) is 5.69 Å². The van der Waals surface area contributed by atoms with E-state index in [1.165, 1.54) is 11.5 Å². The van der Waals surface area contributed by atoms with Crippen molar-refractivity contribution in [1.29, 1.82) is 0 Å². The van der Waals surface area contributed by atoms with Crippen LogP contribution in [0.3, 0.4) is 0 Å². The third-order valence-corrected chi connectivity index (χ3v) is 5.90. The van der Waals surface area contributed by atoms with Crippen LogP contribution in [-0.4, -0.2) is 66.5 Å². The number of hydrogen-bond acceptors (Lipinski definition) is 6. The lowest BCUT2D eigenvalue weighted by molar-refractivity contribution is 0.0669. The number of methoxy groups -OCH3 is 2. The highest BCUT2D eigenvalue weighted by Gasteiger charge is 2.27. The van der Waals surface area contributed by atoms with E-state index < -0.39 is 0 Å². The van der Waals surface area contributed by atoms with Crippen LogP contribution in [0.5, 0.6) is 11.5 Å². The van der Waals surface area contributed by atoms with Gasteiger partial charge in [0.25, 0.3) is 5.91 Å². The summed E-state index contributed by atoms with van der Waals surface area (Å²) in [5.41, 5.74) is 1.10. The Morgan fingerprint density at radius 3 is 2.40 bits per heavy atom. The Hall–Kier alpha value is -3.33. The first-order chi connectivity index (χ1) is 14.6. The van der Waals surface area contributed by atoms with Crippen LogP contribution < -0.4 is 14.8 Å². The summed E-state index contributed by atoms with van der Waals surface area (Å²) in [5, 5.41) is 3.75. The van der Waals surface area contributed by atoms with Gasteiger partial charge in [0, 0.05) is 43.3 Å². The minimum Gasteiger partial charge on any atom is -0.493 e. The molecule has 156 valence electrons. The van der Waals surface area contributed by atoms with Crippen LogP contribution in [0.2, 0.25) is 0 Å². The molecule has 1 fully saturated rings. The minimum absolute atomic E-state index is 0.0904. The number of carbonyl (C=O) groups excluding carboxylic acids is 2. The SMILES string of the molecule is COc1ccc(NC(=O)N2CCN(C(=O)c3nsc4ccccc34)CC2)cc1OC. The van der Waals surface area contributed by atoms with Gasteiger partial charge in [-0.2, -0.15) is 4.37 Å². The number of aromatic nitrogens is 1. The number of anilines is 1. The molecule has 0 spiro atoms. The van der Waals surface area contributed by atoms with Gasteiger partial charge in [0.05, 0.1) is 18.9 Å². The van der Waals surface area contributed by atoms with Crippen LogP contribution in [0, 0.1) is 0 Å². The molecule has 4 rings (SSSR count). The number of amides is 3. The molecule has 30 heavy (non-hydrogen) atoms. The predicted octanol–water partition coefficient (Wildman–Crippen LogP) is 3.30. The fourth-order valence-corrected chi connectivity index (χ4v) is 4.19. The van der Waals surface area contributed by atoms with E-state index in [4.69, 9.17) is 9.47 Å². The van der Waals surface area contributed by atoms with Crippen molar-refractivity contribution in [2.24, 2.45) is 0 Å². The lowest BCUT2D eigenvalue weighted by Crippen LogP contribution is -2.51. The molecule has 9 heteroatoms. The number of piperazine rings is 1. The number of hydrogen-bond donors (Lipinski definition) is 1. The lowest BCUT2D eigenvalue weighted by Gasteiger charge is -2.34. The summed E-state index contributed by atoms with van der Waals surface area (Å²) < 4.78 is 15.8. The van der Waals surface area contributed by atoms with E-state index in [1.807, 2.05) is 24.3 Å². The van der Waals surface area contributed by atoms with Crippen molar-refractivity contribution in [3.63, 3.8) is 0 Å². The number of nitrogens with one attached hydrogen (secondary N) is 1. The maximum absolute atomic E-state index is 12.9. The van der Waals surface area contributed by atoms with Crippen LogP contribution in [0.4, 0.5) is 10.5 Å². The van der Waals surface area contributed by atoms with Gasteiger partial charge in [-0.25, -0.2) is 4.79 Å². The summed E-state index contributed by atoms with van der Waals surface area (Å²) in [6.07, 6.45) is 0. The van der Waals surface area contributed by atoms with Crippen LogP contribution >= 0.6 is 11.5 Å². The smallest absolute Gasteiger partial charge is 0.321 e. The zero-order chi connectivity index (χ0) is 21.1. The molecule has 1 aliphatic rings. The summed E-state index contributed by atoms with van der Waals surface area (Å²) in [5.74, 6) is 1.05. The minimum atomic E-state index is -0.214. The van der Waals surface area contributed by atoms with Gasteiger partial charge in [0.2, 0.25) is 0 Å². The zero-order valence-electron chi connectivity index (χ0n) is 16.8. The highest BCUT2D eigenvalue weighted by atomic mass is 32.1. The Morgan fingerprint density at radius 2 is 1.67 bits per heavy atom. The maximum atomic E-state index is 12.9. The number of ether oxygens (including phenoxy) is 2. The Labute approximate surface area is 178 Å². The van der Waals surface area contributed by atoms with Gasteiger partial charge >= 0.3 is 6.03 Å². The van der Waals surface area contributed by atoms with Crippen molar-refractivity contribution in [1.82, 2.24) is 14.2 Å². The topological polar surface area (TPSA) is 84.0 Å².